The summed E-state index contributed by atoms with van der Waals surface area (Å²) in [7, 11) is 0. The first kappa shape index (κ1) is 15.0. The molecular weight excluding hydrogens is 318 g/mol. The van der Waals surface area contributed by atoms with E-state index in [4.69, 9.17) is 0 Å². The van der Waals surface area contributed by atoms with Crippen LogP contribution in [0.4, 0.5) is 19.3 Å². The Bertz CT molecular complexity index is 733. The summed E-state index contributed by atoms with van der Waals surface area (Å²) in [5.41, 5.74) is 1.18. The number of amides is 2. The number of nitrogens with one attached hydrogen (secondary N) is 2. The largest absolute Gasteiger partial charge is 0.322 e. The van der Waals surface area contributed by atoms with Crippen LogP contribution >= 0.6 is 0 Å². The smallest absolute Gasteiger partial charge is 0.314 e. The molecule has 4 rings (SSSR count). The van der Waals surface area contributed by atoms with Crippen LogP contribution in [0.15, 0.2) is 24.3 Å². The van der Waals surface area contributed by atoms with Crippen molar-refractivity contribution in [3.05, 3.63) is 35.7 Å². The predicted octanol–water partition coefficient (Wildman–Crippen LogP) is 2.69. The van der Waals surface area contributed by atoms with Gasteiger partial charge in [-0.2, -0.15) is 5.21 Å². The van der Waals surface area contributed by atoms with Crippen LogP contribution in [0.1, 0.15) is 42.6 Å². The summed E-state index contributed by atoms with van der Waals surface area (Å²) in [6.45, 7) is 0.609. The van der Waals surface area contributed by atoms with Gasteiger partial charge >= 0.3 is 6.03 Å². The van der Waals surface area contributed by atoms with Crippen molar-refractivity contribution in [3.63, 3.8) is 0 Å². The number of aromatic nitrogens is 4. The van der Waals surface area contributed by atoms with Gasteiger partial charge in [0.15, 0.2) is 5.82 Å². The number of rotatable bonds is 3. The lowest BCUT2D eigenvalue weighted by atomic mass is 10.1. The number of likely N-dealkylation sites (tertiary alicyclic amines) is 1. The standard InChI is InChI=1S/C15H16F2N6O/c16-15(17)8-11(15)9-3-5-10(6-4-9)18-14(24)23-7-1-2-12(23)13-19-21-22-20-13/h3-6,11-12H,1-2,7-8H2,(H,18,24)(H,19,20,21,22). The van der Waals surface area contributed by atoms with E-state index in [-0.39, 0.29) is 18.5 Å². The number of hydrogen-bond donors (Lipinski definition) is 2. The molecule has 7 nitrogen and oxygen atoms in total. The Kier molecular flexibility index (Phi) is 3.43. The van der Waals surface area contributed by atoms with Crippen molar-refractivity contribution < 1.29 is 13.6 Å². The Morgan fingerprint density at radius 1 is 1.33 bits per heavy atom. The first-order valence-electron chi connectivity index (χ1n) is 7.83. The molecule has 126 valence electrons. The number of alkyl halides is 2. The molecule has 1 aliphatic carbocycles. The molecule has 0 bridgehead atoms. The molecule has 1 aromatic heterocycles. The molecule has 2 atom stereocenters. The van der Waals surface area contributed by atoms with Gasteiger partial charge in [-0.1, -0.05) is 17.3 Å². The molecule has 0 radical (unpaired) electrons. The summed E-state index contributed by atoms with van der Waals surface area (Å²) in [5.74, 6) is -2.78. The van der Waals surface area contributed by atoms with Gasteiger partial charge in [-0.25, -0.2) is 13.6 Å². The van der Waals surface area contributed by atoms with Gasteiger partial charge in [-0.15, -0.1) is 10.2 Å². The van der Waals surface area contributed by atoms with Crippen molar-refractivity contribution in [2.45, 2.75) is 37.1 Å². The van der Waals surface area contributed by atoms with Crippen LogP contribution in [0.5, 0.6) is 0 Å². The first-order chi connectivity index (χ1) is 11.5. The first-order valence-corrected chi connectivity index (χ1v) is 7.83. The van der Waals surface area contributed by atoms with E-state index < -0.39 is 11.8 Å². The van der Waals surface area contributed by atoms with E-state index in [2.05, 4.69) is 25.9 Å². The van der Waals surface area contributed by atoms with Gasteiger partial charge < -0.3 is 10.2 Å². The quantitative estimate of drug-likeness (QED) is 0.903. The molecule has 2 amide bonds. The maximum Gasteiger partial charge on any atom is 0.322 e. The van der Waals surface area contributed by atoms with Crippen LogP contribution in [0.2, 0.25) is 0 Å². The van der Waals surface area contributed by atoms with Crippen LogP contribution in [0.3, 0.4) is 0 Å². The lowest BCUT2D eigenvalue weighted by molar-refractivity contribution is 0.112. The minimum atomic E-state index is -2.59. The number of tetrazole rings is 1. The fourth-order valence-corrected chi connectivity index (χ4v) is 3.16. The Balaban J connectivity index is 1.42. The van der Waals surface area contributed by atoms with Crippen molar-refractivity contribution >= 4 is 11.7 Å². The molecule has 9 heteroatoms. The molecule has 1 saturated heterocycles. The number of urea groups is 1. The molecule has 1 aliphatic heterocycles. The number of carbonyl (C=O) groups is 1. The maximum atomic E-state index is 13.1. The molecule has 2 unspecified atom stereocenters. The van der Waals surface area contributed by atoms with Crippen molar-refractivity contribution in [3.8, 4) is 0 Å². The molecule has 2 aliphatic rings. The molecule has 0 spiro atoms. The van der Waals surface area contributed by atoms with Crippen molar-refractivity contribution in [1.29, 1.82) is 0 Å². The highest BCUT2D eigenvalue weighted by Gasteiger charge is 2.57. The lowest BCUT2D eigenvalue weighted by Gasteiger charge is -2.22. The summed E-state index contributed by atoms with van der Waals surface area (Å²) in [6.07, 6.45) is 1.55. The summed E-state index contributed by atoms with van der Waals surface area (Å²) >= 11 is 0. The minimum absolute atomic E-state index is 0.0983. The Labute approximate surface area is 136 Å². The Morgan fingerprint density at radius 3 is 2.71 bits per heavy atom. The van der Waals surface area contributed by atoms with Crippen LogP contribution in [-0.4, -0.2) is 44.0 Å². The highest BCUT2D eigenvalue weighted by Crippen LogP contribution is 2.55. The zero-order valence-corrected chi connectivity index (χ0v) is 12.7. The lowest BCUT2D eigenvalue weighted by Crippen LogP contribution is -2.34. The van der Waals surface area contributed by atoms with Gasteiger partial charge in [0, 0.05) is 18.7 Å². The highest BCUT2D eigenvalue weighted by atomic mass is 19.3. The van der Waals surface area contributed by atoms with Crippen molar-refractivity contribution in [1.82, 2.24) is 25.5 Å². The van der Waals surface area contributed by atoms with Crippen LogP contribution in [0.25, 0.3) is 0 Å². The minimum Gasteiger partial charge on any atom is -0.314 e. The zero-order chi connectivity index (χ0) is 16.7. The molecule has 1 aromatic carbocycles. The molecule has 24 heavy (non-hydrogen) atoms. The molecule has 2 fully saturated rings. The fourth-order valence-electron chi connectivity index (χ4n) is 3.16. The third-order valence-electron chi connectivity index (χ3n) is 4.56. The average molecular weight is 334 g/mol. The second-order valence-electron chi connectivity index (χ2n) is 6.19. The number of H-pyrrole nitrogens is 1. The molecule has 2 N–H and O–H groups in total. The van der Waals surface area contributed by atoms with Gasteiger partial charge in [0.1, 0.15) is 0 Å². The van der Waals surface area contributed by atoms with Gasteiger partial charge in [0.2, 0.25) is 0 Å². The molecule has 2 aromatic rings. The maximum absolute atomic E-state index is 13.1. The third kappa shape index (κ3) is 2.70. The second-order valence-corrected chi connectivity index (χ2v) is 6.19. The number of anilines is 1. The van der Waals surface area contributed by atoms with Crippen LogP contribution in [-0.2, 0) is 0 Å². The molecule has 2 heterocycles. The fraction of sp³-hybridized carbons (Fsp3) is 0.467. The van der Waals surface area contributed by atoms with Crippen molar-refractivity contribution in [2.24, 2.45) is 0 Å². The second kappa shape index (κ2) is 5.50. The third-order valence-corrected chi connectivity index (χ3v) is 4.56. The van der Waals surface area contributed by atoms with Gasteiger partial charge in [-0.05, 0) is 30.5 Å². The number of carbonyl (C=O) groups excluding carboxylic acids is 1. The van der Waals surface area contributed by atoms with E-state index in [1.54, 1.807) is 29.2 Å². The summed E-state index contributed by atoms with van der Waals surface area (Å²) in [4.78, 5) is 14.1. The van der Waals surface area contributed by atoms with E-state index in [9.17, 15) is 13.6 Å². The topological polar surface area (TPSA) is 86.8 Å². The van der Waals surface area contributed by atoms with E-state index >= 15 is 0 Å². The number of hydrogen-bond acceptors (Lipinski definition) is 4. The Morgan fingerprint density at radius 2 is 2.08 bits per heavy atom. The number of nitrogens with zero attached hydrogens (tertiary/aromatic N) is 4. The summed E-state index contributed by atoms with van der Waals surface area (Å²) < 4.78 is 26.2. The SMILES string of the molecule is O=C(Nc1ccc(C2CC2(F)F)cc1)N1CCCC1c1nn[nH]n1. The molecule has 1 saturated carbocycles. The van der Waals surface area contributed by atoms with Gasteiger partial charge in [-0.3, -0.25) is 0 Å². The number of halogens is 2. The number of aromatic amines is 1. The summed E-state index contributed by atoms with van der Waals surface area (Å²) in [6, 6.07) is 6.13. The van der Waals surface area contributed by atoms with Crippen molar-refractivity contribution in [2.75, 3.05) is 11.9 Å². The average Bonchev–Trinajstić information content (AvgIpc) is 3.00. The van der Waals surface area contributed by atoms with Crippen LogP contribution in [0, 0.1) is 0 Å². The van der Waals surface area contributed by atoms with E-state index in [0.29, 0.717) is 23.6 Å². The highest BCUT2D eigenvalue weighted by molar-refractivity contribution is 5.89. The predicted molar refractivity (Wildman–Crippen MR) is 80.6 cm³/mol. The van der Waals surface area contributed by atoms with E-state index in [1.807, 2.05) is 0 Å². The molecular formula is C15H16F2N6O. The zero-order valence-electron chi connectivity index (χ0n) is 12.7. The number of benzene rings is 1. The monoisotopic (exact) mass is 334 g/mol. The van der Waals surface area contributed by atoms with Crippen LogP contribution < -0.4 is 5.32 Å². The van der Waals surface area contributed by atoms with Gasteiger partial charge in [0.25, 0.3) is 5.92 Å². The van der Waals surface area contributed by atoms with E-state index in [0.717, 1.165) is 12.8 Å². The van der Waals surface area contributed by atoms with E-state index in [1.165, 1.54) is 0 Å². The normalized spacial score (nSPS) is 24.8. The summed E-state index contributed by atoms with van der Waals surface area (Å²) in [5, 5.41) is 16.6. The van der Waals surface area contributed by atoms with Gasteiger partial charge in [0.05, 0.1) is 12.0 Å². The Hall–Kier alpha value is -2.58.